The first-order valence-corrected chi connectivity index (χ1v) is 6.79. The standard InChI is InChI=1S/C15H15ClN2O2/c1-17-7-13-14(19)12-8-20-15(11(12)6-18-13)9-2-4-10(16)5-3-9/h2-6,15,17,19H,7-8H2,1H3. The second-order valence-electron chi connectivity index (χ2n) is 4.76. The van der Waals surface area contributed by atoms with Crippen molar-refractivity contribution in [2.24, 2.45) is 0 Å². The maximum absolute atomic E-state index is 10.2. The molecule has 0 spiro atoms. The molecule has 1 aliphatic heterocycles. The molecule has 2 heterocycles. The van der Waals surface area contributed by atoms with E-state index in [2.05, 4.69) is 10.3 Å². The molecule has 5 heteroatoms. The van der Waals surface area contributed by atoms with Crippen LogP contribution >= 0.6 is 11.6 Å². The average molecular weight is 291 g/mol. The number of pyridine rings is 1. The largest absolute Gasteiger partial charge is 0.506 e. The molecule has 1 aromatic heterocycles. The fourth-order valence-electron chi connectivity index (χ4n) is 2.44. The number of ether oxygens (including phenoxy) is 1. The summed E-state index contributed by atoms with van der Waals surface area (Å²) in [7, 11) is 1.82. The third-order valence-electron chi connectivity index (χ3n) is 3.46. The minimum Gasteiger partial charge on any atom is -0.506 e. The van der Waals surface area contributed by atoms with E-state index in [1.54, 1.807) is 6.20 Å². The number of hydrogen-bond acceptors (Lipinski definition) is 4. The molecule has 1 atom stereocenters. The molecule has 1 unspecified atom stereocenters. The molecule has 104 valence electrons. The molecular formula is C15H15ClN2O2. The molecule has 4 nitrogen and oxygen atoms in total. The van der Waals surface area contributed by atoms with Gasteiger partial charge in [-0.1, -0.05) is 23.7 Å². The van der Waals surface area contributed by atoms with Gasteiger partial charge in [0.05, 0.1) is 12.3 Å². The maximum atomic E-state index is 10.2. The van der Waals surface area contributed by atoms with Crippen LogP contribution in [0.3, 0.4) is 0 Å². The van der Waals surface area contributed by atoms with E-state index in [-0.39, 0.29) is 11.9 Å². The van der Waals surface area contributed by atoms with Gasteiger partial charge in [-0.05, 0) is 24.7 Å². The van der Waals surface area contributed by atoms with Crippen molar-refractivity contribution in [1.82, 2.24) is 10.3 Å². The monoisotopic (exact) mass is 290 g/mol. The number of nitrogens with one attached hydrogen (secondary N) is 1. The number of hydrogen-bond donors (Lipinski definition) is 2. The minimum absolute atomic E-state index is 0.190. The van der Waals surface area contributed by atoms with Crippen LogP contribution in [0, 0.1) is 0 Å². The summed E-state index contributed by atoms with van der Waals surface area (Å²) in [6.07, 6.45) is 1.60. The minimum atomic E-state index is -0.190. The Morgan fingerprint density at radius 3 is 2.85 bits per heavy atom. The van der Waals surface area contributed by atoms with Crippen LogP contribution in [0.2, 0.25) is 5.02 Å². The van der Waals surface area contributed by atoms with Gasteiger partial charge in [0.1, 0.15) is 11.9 Å². The lowest BCUT2D eigenvalue weighted by atomic mass is 10.00. The molecule has 0 amide bonds. The average Bonchev–Trinajstić information content (AvgIpc) is 2.88. The number of aromatic hydroxyl groups is 1. The van der Waals surface area contributed by atoms with Crippen LogP contribution in [0.5, 0.6) is 5.75 Å². The summed E-state index contributed by atoms with van der Waals surface area (Å²) < 4.78 is 5.80. The predicted octanol–water partition coefficient (Wildman–Crippen LogP) is 2.78. The van der Waals surface area contributed by atoms with Crippen molar-refractivity contribution in [2.75, 3.05) is 7.05 Å². The van der Waals surface area contributed by atoms with Crippen LogP contribution in [0.4, 0.5) is 0 Å². The lowest BCUT2D eigenvalue weighted by Gasteiger charge is -2.12. The van der Waals surface area contributed by atoms with Crippen molar-refractivity contribution >= 4 is 11.6 Å². The number of halogens is 1. The van der Waals surface area contributed by atoms with Gasteiger partial charge < -0.3 is 15.2 Å². The molecular weight excluding hydrogens is 276 g/mol. The Morgan fingerprint density at radius 2 is 2.15 bits per heavy atom. The van der Waals surface area contributed by atoms with E-state index in [9.17, 15) is 5.11 Å². The normalized spacial score (nSPS) is 17.2. The number of aromatic nitrogens is 1. The summed E-state index contributed by atoms with van der Waals surface area (Å²) in [4.78, 5) is 4.31. The van der Waals surface area contributed by atoms with Crippen molar-refractivity contribution < 1.29 is 9.84 Å². The maximum Gasteiger partial charge on any atom is 0.144 e. The molecule has 3 rings (SSSR count). The smallest absolute Gasteiger partial charge is 0.144 e. The molecule has 0 radical (unpaired) electrons. The third-order valence-corrected chi connectivity index (χ3v) is 3.71. The summed E-state index contributed by atoms with van der Waals surface area (Å²) in [5.41, 5.74) is 3.40. The fourth-order valence-corrected chi connectivity index (χ4v) is 2.57. The van der Waals surface area contributed by atoms with E-state index in [1.165, 1.54) is 0 Å². The van der Waals surface area contributed by atoms with E-state index in [0.29, 0.717) is 23.9 Å². The fraction of sp³-hybridized carbons (Fsp3) is 0.267. The highest BCUT2D eigenvalue weighted by atomic mass is 35.5. The summed E-state index contributed by atoms with van der Waals surface area (Å²) in [6.45, 7) is 0.929. The van der Waals surface area contributed by atoms with Crippen molar-refractivity contribution in [3.05, 3.63) is 57.9 Å². The van der Waals surface area contributed by atoms with E-state index >= 15 is 0 Å². The van der Waals surface area contributed by atoms with Gasteiger partial charge >= 0.3 is 0 Å². The van der Waals surface area contributed by atoms with Crippen LogP contribution in [0.1, 0.15) is 28.5 Å². The summed E-state index contributed by atoms with van der Waals surface area (Å²) in [6, 6.07) is 7.53. The van der Waals surface area contributed by atoms with Gasteiger partial charge in [0.2, 0.25) is 0 Å². The SMILES string of the molecule is CNCc1ncc2c(c1O)COC2c1ccc(Cl)cc1. The van der Waals surface area contributed by atoms with Gasteiger partial charge in [-0.2, -0.15) is 0 Å². The number of rotatable bonds is 3. The van der Waals surface area contributed by atoms with Crippen molar-refractivity contribution in [3.8, 4) is 5.75 Å². The van der Waals surface area contributed by atoms with Crippen LogP contribution in [0.25, 0.3) is 0 Å². The second kappa shape index (κ2) is 5.40. The summed E-state index contributed by atoms with van der Waals surface area (Å²) in [5, 5.41) is 13.9. The highest BCUT2D eigenvalue weighted by Gasteiger charge is 2.28. The molecule has 2 N–H and O–H groups in total. The first-order chi connectivity index (χ1) is 9.70. The number of benzene rings is 1. The van der Waals surface area contributed by atoms with E-state index in [1.807, 2.05) is 31.3 Å². The van der Waals surface area contributed by atoms with Crippen LogP contribution in [-0.4, -0.2) is 17.1 Å². The summed E-state index contributed by atoms with van der Waals surface area (Å²) in [5.74, 6) is 0.230. The molecule has 1 aromatic carbocycles. The van der Waals surface area contributed by atoms with Crippen LogP contribution in [-0.2, 0) is 17.9 Å². The molecule has 0 bridgehead atoms. The lowest BCUT2D eigenvalue weighted by molar-refractivity contribution is 0.0932. The highest BCUT2D eigenvalue weighted by molar-refractivity contribution is 6.30. The molecule has 0 fully saturated rings. The van der Waals surface area contributed by atoms with Crippen molar-refractivity contribution in [2.45, 2.75) is 19.3 Å². The topological polar surface area (TPSA) is 54.4 Å². The predicted molar refractivity (Wildman–Crippen MR) is 76.7 cm³/mol. The van der Waals surface area contributed by atoms with Crippen molar-refractivity contribution in [3.63, 3.8) is 0 Å². The van der Waals surface area contributed by atoms with Gasteiger partial charge in [-0.3, -0.25) is 4.98 Å². The molecule has 20 heavy (non-hydrogen) atoms. The molecule has 1 aliphatic rings. The zero-order valence-corrected chi connectivity index (χ0v) is 11.8. The first kappa shape index (κ1) is 13.4. The van der Waals surface area contributed by atoms with Gasteiger partial charge in [-0.25, -0.2) is 0 Å². The second-order valence-corrected chi connectivity index (χ2v) is 5.20. The zero-order chi connectivity index (χ0) is 14.1. The molecule has 2 aromatic rings. The molecule has 0 saturated carbocycles. The van der Waals surface area contributed by atoms with Gasteiger partial charge in [0.15, 0.2) is 0 Å². The zero-order valence-electron chi connectivity index (χ0n) is 11.1. The quantitative estimate of drug-likeness (QED) is 0.913. The Balaban J connectivity index is 1.98. The lowest BCUT2D eigenvalue weighted by Crippen LogP contribution is -2.08. The Hall–Kier alpha value is -1.62. The van der Waals surface area contributed by atoms with E-state index in [0.717, 1.165) is 16.7 Å². The van der Waals surface area contributed by atoms with Crippen LogP contribution in [0.15, 0.2) is 30.5 Å². The van der Waals surface area contributed by atoms with E-state index in [4.69, 9.17) is 16.3 Å². The molecule has 0 aliphatic carbocycles. The van der Waals surface area contributed by atoms with E-state index < -0.39 is 0 Å². The van der Waals surface area contributed by atoms with Gasteiger partial charge in [-0.15, -0.1) is 0 Å². The Morgan fingerprint density at radius 1 is 1.40 bits per heavy atom. The van der Waals surface area contributed by atoms with Crippen LogP contribution < -0.4 is 5.32 Å². The Bertz CT molecular complexity index is 629. The van der Waals surface area contributed by atoms with Gasteiger partial charge in [0.25, 0.3) is 0 Å². The first-order valence-electron chi connectivity index (χ1n) is 6.42. The van der Waals surface area contributed by atoms with Crippen molar-refractivity contribution in [1.29, 1.82) is 0 Å². The Kier molecular flexibility index (Phi) is 3.61. The molecule has 0 saturated heterocycles. The highest BCUT2D eigenvalue weighted by Crippen LogP contribution is 2.40. The number of nitrogens with zero attached hydrogens (tertiary/aromatic N) is 1. The third kappa shape index (κ3) is 2.26. The number of fused-ring (bicyclic) bond motifs is 1. The van der Waals surface area contributed by atoms with Gasteiger partial charge in [0, 0.05) is 28.9 Å². The summed E-state index contributed by atoms with van der Waals surface area (Å²) >= 11 is 5.90. The Labute approximate surface area is 122 Å².